The third kappa shape index (κ3) is 4.56. The Kier molecular flexibility index (Phi) is 6.04. The van der Waals surface area contributed by atoms with Gasteiger partial charge in [0.2, 0.25) is 5.91 Å². The van der Waals surface area contributed by atoms with Crippen LogP contribution in [0.15, 0.2) is 30.5 Å². The Hall–Kier alpha value is -2.54. The minimum atomic E-state index is -0.0853. The van der Waals surface area contributed by atoms with Crippen molar-refractivity contribution in [1.29, 1.82) is 0 Å². The molecule has 1 aromatic heterocycles. The van der Waals surface area contributed by atoms with Gasteiger partial charge in [0.25, 0.3) is 0 Å². The number of rotatable bonds is 4. The summed E-state index contributed by atoms with van der Waals surface area (Å²) in [6.07, 6.45) is 8.32. The third-order valence-electron chi connectivity index (χ3n) is 6.17. The van der Waals surface area contributed by atoms with E-state index in [1.807, 2.05) is 39.9 Å². The number of likely N-dealkylation sites (N-methyl/N-ethyl adjacent to an activating group) is 1. The summed E-state index contributed by atoms with van der Waals surface area (Å²) in [4.78, 5) is 26.5. The van der Waals surface area contributed by atoms with Gasteiger partial charge in [-0.25, -0.2) is 4.79 Å². The van der Waals surface area contributed by atoms with Crippen LogP contribution in [0.1, 0.15) is 32.1 Å². The van der Waals surface area contributed by atoms with Crippen molar-refractivity contribution in [1.82, 2.24) is 14.8 Å². The van der Waals surface area contributed by atoms with E-state index in [-0.39, 0.29) is 24.6 Å². The lowest BCUT2D eigenvalue weighted by Crippen LogP contribution is -2.49. The second-order valence-electron chi connectivity index (χ2n) is 8.07. The first kappa shape index (κ1) is 19.8. The second kappa shape index (κ2) is 8.86. The van der Waals surface area contributed by atoms with Crippen LogP contribution in [0.3, 0.4) is 0 Å². The Labute approximate surface area is 171 Å². The summed E-state index contributed by atoms with van der Waals surface area (Å²) in [5.74, 6) is 0.516. The molecule has 2 aromatic rings. The van der Waals surface area contributed by atoms with Crippen molar-refractivity contribution in [3.05, 3.63) is 30.5 Å². The highest BCUT2D eigenvalue weighted by Crippen LogP contribution is 2.30. The summed E-state index contributed by atoms with van der Waals surface area (Å²) in [5.41, 5.74) is 1.66. The lowest BCUT2D eigenvalue weighted by atomic mass is 9.84. The number of carbonyl (C=O) groups excluding carboxylic acids is 2. The number of nitrogens with one attached hydrogen (secondary N) is 2. The maximum Gasteiger partial charge on any atom is 0.322 e. The predicted octanol–water partition coefficient (Wildman–Crippen LogP) is 3.20. The molecule has 0 radical (unpaired) electrons. The Balaban J connectivity index is 1.42. The van der Waals surface area contributed by atoms with Gasteiger partial charge in [-0.2, -0.15) is 0 Å². The van der Waals surface area contributed by atoms with Gasteiger partial charge in [-0.1, -0.05) is 25.3 Å². The van der Waals surface area contributed by atoms with E-state index in [2.05, 4.69) is 10.6 Å². The van der Waals surface area contributed by atoms with Crippen molar-refractivity contribution in [2.24, 2.45) is 5.92 Å². The van der Waals surface area contributed by atoms with Crippen LogP contribution in [0.5, 0.6) is 0 Å². The van der Waals surface area contributed by atoms with E-state index < -0.39 is 0 Å². The molecule has 1 aliphatic carbocycles. The molecule has 2 N–H and O–H groups in total. The standard InChI is InChI=1S/C22H30N4O3/c1-23-21(27)15-25-10-9-16-7-8-18(13-19(16)25)24-22(28)26-11-12-29-20(14-26)17-5-3-2-4-6-17/h7-10,13,17,20H,2-6,11-12,14-15H2,1H3,(H,23,27)(H,24,28). The molecule has 156 valence electrons. The fourth-order valence-electron chi connectivity index (χ4n) is 4.49. The molecule has 2 aliphatic rings. The number of fused-ring (bicyclic) bond motifs is 1. The van der Waals surface area contributed by atoms with Gasteiger partial charge >= 0.3 is 6.03 Å². The van der Waals surface area contributed by atoms with E-state index in [9.17, 15) is 9.59 Å². The van der Waals surface area contributed by atoms with E-state index in [4.69, 9.17) is 4.74 Å². The molecule has 4 rings (SSSR count). The van der Waals surface area contributed by atoms with Gasteiger partial charge in [0.1, 0.15) is 6.54 Å². The molecular formula is C22H30N4O3. The first-order valence-corrected chi connectivity index (χ1v) is 10.6. The Morgan fingerprint density at radius 2 is 2.00 bits per heavy atom. The van der Waals surface area contributed by atoms with Crippen LogP contribution in [0, 0.1) is 5.92 Å². The zero-order valence-electron chi connectivity index (χ0n) is 17.0. The van der Waals surface area contributed by atoms with Gasteiger partial charge in [0.05, 0.1) is 18.2 Å². The van der Waals surface area contributed by atoms with E-state index in [1.54, 1.807) is 7.05 Å². The lowest BCUT2D eigenvalue weighted by Gasteiger charge is -2.38. The van der Waals surface area contributed by atoms with Crippen LogP contribution in [0.2, 0.25) is 0 Å². The summed E-state index contributed by atoms with van der Waals surface area (Å²) in [6.45, 7) is 2.13. The highest BCUT2D eigenvalue weighted by molar-refractivity contribution is 5.93. The Morgan fingerprint density at radius 3 is 2.79 bits per heavy atom. The number of aromatic nitrogens is 1. The summed E-state index contributed by atoms with van der Waals surface area (Å²) in [6, 6.07) is 7.69. The van der Waals surface area contributed by atoms with Crippen LogP contribution < -0.4 is 10.6 Å². The Bertz CT molecular complexity index is 872. The van der Waals surface area contributed by atoms with Gasteiger partial charge in [-0.3, -0.25) is 4.79 Å². The number of hydrogen-bond donors (Lipinski definition) is 2. The highest BCUT2D eigenvalue weighted by Gasteiger charge is 2.31. The first-order chi connectivity index (χ1) is 14.1. The molecular weight excluding hydrogens is 368 g/mol. The number of carbonyl (C=O) groups is 2. The van der Waals surface area contributed by atoms with Crippen molar-refractivity contribution in [2.45, 2.75) is 44.8 Å². The molecule has 29 heavy (non-hydrogen) atoms. The molecule has 1 aliphatic heterocycles. The predicted molar refractivity (Wildman–Crippen MR) is 113 cm³/mol. The number of urea groups is 1. The molecule has 0 bridgehead atoms. The van der Waals surface area contributed by atoms with Gasteiger partial charge in [-0.05, 0) is 42.3 Å². The molecule has 2 heterocycles. The minimum Gasteiger partial charge on any atom is -0.374 e. The Morgan fingerprint density at radius 1 is 1.17 bits per heavy atom. The molecule has 1 saturated heterocycles. The van der Waals surface area contributed by atoms with E-state index in [0.717, 1.165) is 16.6 Å². The van der Waals surface area contributed by atoms with Crippen LogP contribution in [0.4, 0.5) is 10.5 Å². The number of nitrogens with zero attached hydrogens (tertiary/aromatic N) is 2. The molecule has 1 saturated carbocycles. The zero-order chi connectivity index (χ0) is 20.2. The lowest BCUT2D eigenvalue weighted by molar-refractivity contribution is -0.121. The molecule has 0 spiro atoms. The van der Waals surface area contributed by atoms with Crippen molar-refractivity contribution in [3.63, 3.8) is 0 Å². The number of ether oxygens (including phenoxy) is 1. The zero-order valence-corrected chi connectivity index (χ0v) is 17.0. The average Bonchev–Trinajstić information content (AvgIpc) is 3.16. The number of benzene rings is 1. The van der Waals surface area contributed by atoms with Crippen LogP contribution in [0.25, 0.3) is 10.9 Å². The first-order valence-electron chi connectivity index (χ1n) is 10.6. The van der Waals surface area contributed by atoms with Crippen molar-refractivity contribution in [3.8, 4) is 0 Å². The maximum atomic E-state index is 12.9. The van der Waals surface area contributed by atoms with Crippen molar-refractivity contribution >= 4 is 28.5 Å². The van der Waals surface area contributed by atoms with Gasteiger partial charge in [-0.15, -0.1) is 0 Å². The molecule has 3 amide bonds. The summed E-state index contributed by atoms with van der Waals surface area (Å²) in [5, 5.41) is 6.71. The number of anilines is 1. The second-order valence-corrected chi connectivity index (χ2v) is 8.07. The van der Waals surface area contributed by atoms with Crippen LogP contribution >= 0.6 is 0 Å². The highest BCUT2D eigenvalue weighted by atomic mass is 16.5. The molecule has 7 heteroatoms. The number of amides is 3. The SMILES string of the molecule is CNC(=O)Cn1ccc2ccc(NC(=O)N3CCOC(C4CCCCC4)C3)cc21. The molecule has 1 aromatic carbocycles. The smallest absolute Gasteiger partial charge is 0.322 e. The summed E-state index contributed by atoms with van der Waals surface area (Å²) in [7, 11) is 1.63. The quantitative estimate of drug-likeness (QED) is 0.830. The van der Waals surface area contributed by atoms with Gasteiger partial charge in [0, 0.05) is 32.0 Å². The van der Waals surface area contributed by atoms with Crippen LogP contribution in [-0.2, 0) is 16.1 Å². The van der Waals surface area contributed by atoms with E-state index in [0.29, 0.717) is 25.6 Å². The fourth-order valence-corrected chi connectivity index (χ4v) is 4.49. The fraction of sp³-hybridized carbons (Fsp3) is 0.545. The topological polar surface area (TPSA) is 75.6 Å². The van der Waals surface area contributed by atoms with Crippen molar-refractivity contribution in [2.75, 3.05) is 32.1 Å². The average molecular weight is 399 g/mol. The third-order valence-corrected chi connectivity index (χ3v) is 6.17. The van der Waals surface area contributed by atoms with E-state index in [1.165, 1.54) is 32.1 Å². The largest absolute Gasteiger partial charge is 0.374 e. The normalized spacial score (nSPS) is 20.6. The van der Waals surface area contributed by atoms with Crippen LogP contribution in [-0.4, -0.2) is 54.3 Å². The van der Waals surface area contributed by atoms with Crippen molar-refractivity contribution < 1.29 is 14.3 Å². The molecule has 2 fully saturated rings. The summed E-state index contributed by atoms with van der Waals surface area (Å²) >= 11 is 0. The molecule has 1 atom stereocenters. The van der Waals surface area contributed by atoms with Gasteiger partial charge in [0.15, 0.2) is 0 Å². The maximum absolute atomic E-state index is 12.9. The monoisotopic (exact) mass is 398 g/mol. The number of hydrogen-bond acceptors (Lipinski definition) is 3. The van der Waals surface area contributed by atoms with E-state index >= 15 is 0 Å². The van der Waals surface area contributed by atoms with Gasteiger partial charge < -0.3 is 24.8 Å². The molecule has 1 unspecified atom stereocenters. The molecule has 7 nitrogen and oxygen atoms in total. The minimum absolute atomic E-state index is 0.0565. The number of morpholine rings is 1. The summed E-state index contributed by atoms with van der Waals surface area (Å²) < 4.78 is 7.88.